The van der Waals surface area contributed by atoms with Crippen molar-refractivity contribution in [3.8, 4) is 29.3 Å². The van der Waals surface area contributed by atoms with Gasteiger partial charge in [-0.1, -0.05) is 26.7 Å². The van der Waals surface area contributed by atoms with Crippen LogP contribution in [0.4, 0.5) is 0 Å². The molecular weight excluding hydrogens is 473 g/mol. The number of carbonyl (C=O) groups is 2. The van der Waals surface area contributed by atoms with Crippen LogP contribution in [0.15, 0.2) is 36.4 Å². The fourth-order valence-electron chi connectivity index (χ4n) is 3.71. The van der Waals surface area contributed by atoms with Gasteiger partial charge < -0.3 is 0 Å². The largest absolute Gasteiger partial charge is 0.297 e. The van der Waals surface area contributed by atoms with E-state index in [9.17, 15) is 9.59 Å². The average molecular weight is 499 g/mol. The molecule has 0 radical (unpaired) electrons. The third-order valence-corrected chi connectivity index (χ3v) is 10.3. The second kappa shape index (κ2) is 10.8. The monoisotopic (exact) mass is 498 g/mol. The number of unbranched alkanes of at least 4 members (excludes halogenated alkanes) is 2. The molecule has 32 heavy (non-hydrogen) atoms. The molecule has 0 N–H and O–H groups in total. The van der Waals surface area contributed by atoms with Gasteiger partial charge in [0.25, 0.3) is 0 Å². The van der Waals surface area contributed by atoms with E-state index in [0.717, 1.165) is 52.9 Å². The van der Waals surface area contributed by atoms with Crippen LogP contribution in [0.2, 0.25) is 0 Å². The van der Waals surface area contributed by atoms with Crippen LogP contribution >= 0.6 is 45.3 Å². The van der Waals surface area contributed by atoms with Crippen LogP contribution < -0.4 is 0 Å². The Hall–Kier alpha value is -1.86. The summed E-state index contributed by atoms with van der Waals surface area (Å²) in [5, 5.41) is 0. The van der Waals surface area contributed by atoms with Gasteiger partial charge >= 0.3 is 0 Å². The lowest BCUT2D eigenvalue weighted by Gasteiger charge is -2.01. The maximum atomic E-state index is 11.4. The fourth-order valence-corrected chi connectivity index (χ4v) is 8.15. The molecule has 4 rings (SSSR count). The minimum Gasteiger partial charge on any atom is -0.297 e. The molecule has 6 heteroatoms. The summed E-state index contributed by atoms with van der Waals surface area (Å²) in [6.07, 6.45) is 8.61. The number of thiophene rings is 4. The number of rotatable bonds is 11. The van der Waals surface area contributed by atoms with E-state index in [1.54, 1.807) is 22.7 Å². The van der Waals surface area contributed by atoms with Crippen molar-refractivity contribution >= 4 is 57.9 Å². The summed E-state index contributed by atoms with van der Waals surface area (Å²) < 4.78 is 0. The standard InChI is InChI=1S/C26H26O2S4/c1-3-5-7-17-13-20(16-28)30-25(17)22-11-12-23(31-22)26-18(8-6-4-2)14-24(32-26)21-10-9-19(15-27)29-21/h9-16H,3-8H2,1-2H3. The Balaban J connectivity index is 1.71. The zero-order chi connectivity index (χ0) is 22.5. The Morgan fingerprint density at radius 1 is 0.625 bits per heavy atom. The van der Waals surface area contributed by atoms with Gasteiger partial charge in [-0.2, -0.15) is 0 Å². The molecule has 0 unspecified atom stereocenters. The van der Waals surface area contributed by atoms with Crippen molar-refractivity contribution in [2.75, 3.05) is 0 Å². The first-order chi connectivity index (χ1) is 15.7. The number of hydrogen-bond donors (Lipinski definition) is 0. The summed E-state index contributed by atoms with van der Waals surface area (Å²) in [4.78, 5) is 31.6. The van der Waals surface area contributed by atoms with Crippen LogP contribution in [-0.2, 0) is 12.8 Å². The van der Waals surface area contributed by atoms with Crippen LogP contribution in [0, 0.1) is 0 Å². The van der Waals surface area contributed by atoms with Crippen molar-refractivity contribution < 1.29 is 9.59 Å². The van der Waals surface area contributed by atoms with Gasteiger partial charge in [-0.3, -0.25) is 9.59 Å². The van der Waals surface area contributed by atoms with Gasteiger partial charge in [0.05, 0.1) is 9.75 Å². The van der Waals surface area contributed by atoms with Crippen LogP contribution in [-0.4, -0.2) is 12.6 Å². The Bertz CT molecular complexity index is 1200. The van der Waals surface area contributed by atoms with Gasteiger partial charge in [0, 0.05) is 29.3 Å². The van der Waals surface area contributed by atoms with E-state index in [0.29, 0.717) is 0 Å². The maximum Gasteiger partial charge on any atom is 0.160 e. The topological polar surface area (TPSA) is 34.1 Å². The Labute approximate surface area is 205 Å². The molecule has 0 saturated heterocycles. The van der Waals surface area contributed by atoms with E-state index in [-0.39, 0.29) is 0 Å². The first-order valence-corrected chi connectivity index (χ1v) is 14.3. The maximum absolute atomic E-state index is 11.4. The predicted molar refractivity (Wildman–Crippen MR) is 142 cm³/mol. The van der Waals surface area contributed by atoms with E-state index in [2.05, 4.69) is 44.2 Å². The summed E-state index contributed by atoms with van der Waals surface area (Å²) in [7, 11) is 0. The molecule has 2 nitrogen and oxygen atoms in total. The number of carbonyl (C=O) groups excluding carboxylic acids is 2. The molecule has 4 heterocycles. The number of hydrogen-bond acceptors (Lipinski definition) is 6. The fraction of sp³-hybridized carbons (Fsp3) is 0.308. The van der Waals surface area contributed by atoms with Crippen LogP contribution in [0.1, 0.15) is 70.0 Å². The lowest BCUT2D eigenvalue weighted by atomic mass is 10.1. The highest BCUT2D eigenvalue weighted by molar-refractivity contribution is 7.29. The van der Waals surface area contributed by atoms with Crippen molar-refractivity contribution in [2.45, 2.75) is 52.4 Å². The van der Waals surface area contributed by atoms with E-state index >= 15 is 0 Å². The van der Waals surface area contributed by atoms with Gasteiger partial charge in [0.15, 0.2) is 12.6 Å². The molecule has 0 amide bonds. The Morgan fingerprint density at radius 3 is 1.81 bits per heavy atom. The summed E-state index contributed by atoms with van der Waals surface area (Å²) in [6.45, 7) is 4.43. The van der Waals surface area contributed by atoms with Crippen LogP contribution in [0.25, 0.3) is 29.3 Å². The summed E-state index contributed by atoms with van der Waals surface area (Å²) in [5.41, 5.74) is 2.69. The second-order valence-corrected chi connectivity index (χ2v) is 12.1. The SMILES string of the molecule is CCCCc1cc(C=O)sc1-c1ccc(-c2sc(-c3ccc(C=O)s3)cc2CCCC)s1. The van der Waals surface area contributed by atoms with E-state index in [1.165, 1.54) is 48.4 Å². The second-order valence-electron chi connectivity index (χ2n) is 7.78. The quantitative estimate of drug-likeness (QED) is 0.193. The van der Waals surface area contributed by atoms with Gasteiger partial charge in [0.1, 0.15) is 0 Å². The number of aryl methyl sites for hydroxylation is 2. The molecule has 0 aliphatic heterocycles. The highest BCUT2D eigenvalue weighted by atomic mass is 32.1. The van der Waals surface area contributed by atoms with Crippen molar-refractivity contribution in [3.05, 3.63) is 57.3 Å². The highest BCUT2D eigenvalue weighted by Gasteiger charge is 2.18. The minimum absolute atomic E-state index is 0.770. The third-order valence-electron chi connectivity index (χ3n) is 5.39. The third kappa shape index (κ3) is 5.04. The predicted octanol–water partition coefficient (Wildman–Crippen LogP) is 9.24. The first kappa shape index (κ1) is 23.3. The van der Waals surface area contributed by atoms with E-state index in [4.69, 9.17) is 0 Å². The van der Waals surface area contributed by atoms with Crippen LogP contribution in [0.3, 0.4) is 0 Å². The molecular formula is C26H26O2S4. The van der Waals surface area contributed by atoms with Crippen molar-refractivity contribution in [1.29, 1.82) is 0 Å². The normalized spacial score (nSPS) is 11.2. The lowest BCUT2D eigenvalue weighted by molar-refractivity contribution is 0.111. The molecule has 0 spiro atoms. The Kier molecular flexibility index (Phi) is 7.89. The zero-order valence-corrected chi connectivity index (χ0v) is 21.6. The van der Waals surface area contributed by atoms with Gasteiger partial charge in [0.2, 0.25) is 0 Å². The molecule has 166 valence electrons. The molecule has 0 bridgehead atoms. The molecule has 0 saturated carbocycles. The smallest absolute Gasteiger partial charge is 0.160 e. The molecule has 0 fully saturated rings. The Morgan fingerprint density at radius 2 is 1.22 bits per heavy atom. The molecule has 4 aromatic rings. The molecule has 0 atom stereocenters. The zero-order valence-electron chi connectivity index (χ0n) is 18.3. The van der Waals surface area contributed by atoms with Gasteiger partial charge in [-0.25, -0.2) is 0 Å². The van der Waals surface area contributed by atoms with Crippen molar-refractivity contribution in [3.63, 3.8) is 0 Å². The molecule has 0 aromatic carbocycles. The molecule has 4 aromatic heterocycles. The first-order valence-electron chi connectivity index (χ1n) is 11.0. The van der Waals surface area contributed by atoms with Crippen molar-refractivity contribution in [2.24, 2.45) is 0 Å². The highest BCUT2D eigenvalue weighted by Crippen LogP contribution is 2.46. The number of aldehydes is 2. The van der Waals surface area contributed by atoms with E-state index in [1.807, 2.05) is 28.7 Å². The summed E-state index contributed by atoms with van der Waals surface area (Å²) in [6, 6.07) is 12.8. The van der Waals surface area contributed by atoms with E-state index < -0.39 is 0 Å². The minimum atomic E-state index is 0.770. The molecule has 0 aliphatic rings. The summed E-state index contributed by atoms with van der Waals surface area (Å²) >= 11 is 6.83. The lowest BCUT2D eigenvalue weighted by Crippen LogP contribution is -1.83. The van der Waals surface area contributed by atoms with Gasteiger partial charge in [-0.05, 0) is 73.2 Å². The average Bonchev–Trinajstić information content (AvgIpc) is 3.59. The van der Waals surface area contributed by atoms with Crippen LogP contribution in [0.5, 0.6) is 0 Å². The van der Waals surface area contributed by atoms with Gasteiger partial charge in [-0.15, -0.1) is 45.3 Å². The molecule has 0 aliphatic carbocycles. The summed E-state index contributed by atoms with van der Waals surface area (Å²) in [5.74, 6) is 0. The van der Waals surface area contributed by atoms with Crippen molar-refractivity contribution in [1.82, 2.24) is 0 Å².